The number of carbonyl (C=O) groups is 1. The first-order chi connectivity index (χ1) is 7.60. The van der Waals surface area contributed by atoms with Gasteiger partial charge in [0, 0.05) is 6.54 Å². The summed E-state index contributed by atoms with van der Waals surface area (Å²) >= 11 is 5.92. The molecule has 88 valence electrons. The first-order valence-corrected chi connectivity index (χ1v) is 6.17. The van der Waals surface area contributed by atoms with Crippen LogP contribution >= 0.6 is 23.8 Å². The first-order valence-electron chi connectivity index (χ1n) is 4.98. The number of hydrogen-bond acceptors (Lipinski definition) is 5. The molecule has 16 heavy (non-hydrogen) atoms. The highest BCUT2D eigenvalue weighted by molar-refractivity contribution is 7.80. The van der Waals surface area contributed by atoms with Crippen LogP contribution in [0.2, 0.25) is 0 Å². The third-order valence-corrected chi connectivity index (χ3v) is 2.99. The van der Waals surface area contributed by atoms with Crippen LogP contribution in [0.4, 0.5) is 0 Å². The van der Waals surface area contributed by atoms with Crippen molar-refractivity contribution in [1.29, 1.82) is 0 Å². The van der Waals surface area contributed by atoms with Gasteiger partial charge < -0.3 is 10.6 Å². The Morgan fingerprint density at radius 2 is 2.25 bits per heavy atom. The molecule has 1 heterocycles. The summed E-state index contributed by atoms with van der Waals surface area (Å²) in [5.41, 5.74) is 6.17. The van der Waals surface area contributed by atoms with Crippen LogP contribution in [-0.2, 0) is 6.42 Å². The average molecular weight is 258 g/mol. The van der Waals surface area contributed by atoms with Gasteiger partial charge in [-0.2, -0.15) is 0 Å². The lowest BCUT2D eigenvalue weighted by molar-refractivity contribution is 0.0791. The van der Waals surface area contributed by atoms with Crippen LogP contribution in [0.25, 0.3) is 0 Å². The molecule has 0 fully saturated rings. The molecule has 2 N–H and O–H groups in total. The van der Waals surface area contributed by atoms with Crippen molar-refractivity contribution >= 4 is 34.6 Å². The highest BCUT2D eigenvalue weighted by Crippen LogP contribution is 2.14. The van der Waals surface area contributed by atoms with E-state index in [1.54, 1.807) is 4.90 Å². The summed E-state index contributed by atoms with van der Waals surface area (Å²) in [6.45, 7) is 4.69. The van der Waals surface area contributed by atoms with Gasteiger partial charge in [0.2, 0.25) is 0 Å². The summed E-state index contributed by atoms with van der Waals surface area (Å²) in [4.78, 5) is 14.6. The Hall–Kier alpha value is -1.08. The lowest BCUT2D eigenvalue weighted by atomic mass is 10.2. The summed E-state index contributed by atoms with van der Waals surface area (Å²) in [5.74, 6) is -0.0952. The van der Waals surface area contributed by atoms with Gasteiger partial charge >= 0.3 is 0 Å². The van der Waals surface area contributed by atoms with E-state index in [1.807, 2.05) is 13.8 Å². The molecular formula is C9H14N4OS2. The fraction of sp³-hybridized carbons (Fsp3) is 0.556. The van der Waals surface area contributed by atoms with Crippen molar-refractivity contribution in [2.45, 2.75) is 20.3 Å². The van der Waals surface area contributed by atoms with Crippen molar-refractivity contribution in [3.63, 3.8) is 0 Å². The van der Waals surface area contributed by atoms with Gasteiger partial charge in [-0.1, -0.05) is 23.6 Å². The molecule has 0 aliphatic rings. The van der Waals surface area contributed by atoms with Crippen LogP contribution in [-0.4, -0.2) is 38.5 Å². The predicted molar refractivity (Wildman–Crippen MR) is 67.6 cm³/mol. The predicted octanol–water partition coefficient (Wildman–Crippen LogP) is 0.849. The van der Waals surface area contributed by atoms with Gasteiger partial charge in [0.1, 0.15) is 4.88 Å². The second-order valence-electron chi connectivity index (χ2n) is 3.19. The van der Waals surface area contributed by atoms with E-state index in [1.165, 1.54) is 0 Å². The Balaban J connectivity index is 2.86. The molecule has 0 saturated heterocycles. The van der Waals surface area contributed by atoms with Crippen molar-refractivity contribution in [2.24, 2.45) is 5.73 Å². The molecule has 0 saturated carbocycles. The van der Waals surface area contributed by atoms with Crippen LogP contribution < -0.4 is 5.73 Å². The van der Waals surface area contributed by atoms with E-state index in [0.29, 0.717) is 29.4 Å². The molecule has 0 unspecified atom stereocenters. The average Bonchev–Trinajstić information content (AvgIpc) is 2.72. The smallest absolute Gasteiger partial charge is 0.267 e. The molecule has 0 aliphatic carbocycles. The number of amides is 1. The number of carbonyl (C=O) groups excluding carboxylic acids is 1. The van der Waals surface area contributed by atoms with Gasteiger partial charge in [-0.05, 0) is 24.9 Å². The van der Waals surface area contributed by atoms with Gasteiger partial charge in [0.25, 0.3) is 5.91 Å². The molecule has 0 atom stereocenters. The number of nitrogens with two attached hydrogens (primary N) is 1. The summed E-state index contributed by atoms with van der Waals surface area (Å²) in [5, 5.41) is 3.91. The van der Waals surface area contributed by atoms with Gasteiger partial charge in [0.15, 0.2) is 0 Å². The van der Waals surface area contributed by atoms with E-state index in [9.17, 15) is 4.79 Å². The van der Waals surface area contributed by atoms with Crippen LogP contribution in [0.15, 0.2) is 0 Å². The molecule has 1 aromatic rings. The highest BCUT2D eigenvalue weighted by Gasteiger charge is 2.20. The monoisotopic (exact) mass is 258 g/mol. The van der Waals surface area contributed by atoms with Crippen LogP contribution in [0.3, 0.4) is 0 Å². The van der Waals surface area contributed by atoms with Crippen molar-refractivity contribution < 1.29 is 4.79 Å². The minimum absolute atomic E-state index is 0.0952. The van der Waals surface area contributed by atoms with Gasteiger partial charge in [-0.25, -0.2) is 0 Å². The minimum atomic E-state index is -0.0952. The number of aryl methyl sites for hydroxylation is 1. The number of thiocarbonyl (C=S) groups is 1. The zero-order valence-corrected chi connectivity index (χ0v) is 10.9. The molecule has 1 amide bonds. The molecule has 1 rings (SSSR count). The number of likely N-dealkylation sites (N-methyl/N-ethyl adjacent to an activating group) is 1. The number of nitrogens with zero attached hydrogens (tertiary/aromatic N) is 3. The fourth-order valence-corrected chi connectivity index (χ4v) is 2.14. The molecule has 1 aromatic heterocycles. The second-order valence-corrected chi connectivity index (χ2v) is 4.47. The standard InChI is InChI=1S/C9H14N4OS2/c1-3-6-8(16-12-11-6)9(14)13(4-2)5-7(10)15/h3-5H2,1-2H3,(H2,10,15). The quantitative estimate of drug-likeness (QED) is 0.793. The topological polar surface area (TPSA) is 72.1 Å². The highest BCUT2D eigenvalue weighted by atomic mass is 32.1. The Morgan fingerprint density at radius 3 is 2.75 bits per heavy atom. The molecule has 5 nitrogen and oxygen atoms in total. The first kappa shape index (κ1) is 13.0. The fourth-order valence-electron chi connectivity index (χ4n) is 1.26. The lowest BCUT2D eigenvalue weighted by Gasteiger charge is -2.19. The third-order valence-electron chi connectivity index (χ3n) is 2.10. The molecule has 7 heteroatoms. The lowest BCUT2D eigenvalue weighted by Crippen LogP contribution is -2.37. The van der Waals surface area contributed by atoms with Crippen LogP contribution in [0, 0.1) is 0 Å². The Morgan fingerprint density at radius 1 is 1.56 bits per heavy atom. The largest absolute Gasteiger partial charge is 0.392 e. The summed E-state index contributed by atoms with van der Waals surface area (Å²) in [6.07, 6.45) is 0.697. The van der Waals surface area contributed by atoms with E-state index in [-0.39, 0.29) is 5.91 Å². The molecule has 0 aromatic carbocycles. The van der Waals surface area contributed by atoms with Crippen LogP contribution in [0.1, 0.15) is 29.2 Å². The number of hydrogen-bond donors (Lipinski definition) is 1. The maximum atomic E-state index is 12.1. The van der Waals surface area contributed by atoms with Gasteiger partial charge in [0.05, 0.1) is 17.2 Å². The molecule has 0 spiro atoms. The van der Waals surface area contributed by atoms with E-state index >= 15 is 0 Å². The Bertz CT molecular complexity index is 391. The normalized spacial score (nSPS) is 10.1. The van der Waals surface area contributed by atoms with Crippen molar-refractivity contribution in [3.8, 4) is 0 Å². The number of rotatable bonds is 5. The van der Waals surface area contributed by atoms with E-state index in [4.69, 9.17) is 18.0 Å². The Kier molecular flexibility index (Phi) is 4.75. The molecular weight excluding hydrogens is 244 g/mol. The summed E-state index contributed by atoms with van der Waals surface area (Å²) in [7, 11) is 0. The molecule has 0 aliphatic heterocycles. The van der Waals surface area contributed by atoms with Crippen molar-refractivity contribution in [3.05, 3.63) is 10.6 Å². The van der Waals surface area contributed by atoms with E-state index < -0.39 is 0 Å². The zero-order chi connectivity index (χ0) is 12.1. The Labute approximate surface area is 104 Å². The molecule has 0 radical (unpaired) electrons. The van der Waals surface area contributed by atoms with E-state index in [2.05, 4.69) is 9.59 Å². The zero-order valence-electron chi connectivity index (χ0n) is 9.27. The maximum absolute atomic E-state index is 12.1. The summed E-state index contributed by atoms with van der Waals surface area (Å²) < 4.78 is 3.79. The van der Waals surface area contributed by atoms with Crippen molar-refractivity contribution in [2.75, 3.05) is 13.1 Å². The summed E-state index contributed by atoms with van der Waals surface area (Å²) in [6, 6.07) is 0. The van der Waals surface area contributed by atoms with Gasteiger partial charge in [-0.15, -0.1) is 5.10 Å². The third kappa shape index (κ3) is 2.96. The van der Waals surface area contributed by atoms with Gasteiger partial charge in [-0.3, -0.25) is 4.79 Å². The van der Waals surface area contributed by atoms with E-state index in [0.717, 1.165) is 17.2 Å². The SMILES string of the molecule is CCc1nnsc1C(=O)N(CC)CC(N)=S. The molecule has 0 bridgehead atoms. The second kappa shape index (κ2) is 5.86. The van der Waals surface area contributed by atoms with Crippen LogP contribution in [0.5, 0.6) is 0 Å². The maximum Gasteiger partial charge on any atom is 0.267 e. The minimum Gasteiger partial charge on any atom is -0.392 e. The van der Waals surface area contributed by atoms with Crippen molar-refractivity contribution in [1.82, 2.24) is 14.5 Å². The number of aromatic nitrogens is 2.